The molecule has 0 bridgehead atoms. The maximum atomic E-state index is 10.5. The lowest BCUT2D eigenvalue weighted by Gasteiger charge is -2.46. The summed E-state index contributed by atoms with van der Waals surface area (Å²) in [7, 11) is 0. The molecule has 0 aromatic heterocycles. The van der Waals surface area contributed by atoms with Crippen molar-refractivity contribution in [2.75, 3.05) is 6.61 Å². The molecule has 18 heavy (non-hydrogen) atoms. The quantitative estimate of drug-likeness (QED) is 0.885. The maximum Gasteiger partial charge on any atom is 0.0643 e. The van der Waals surface area contributed by atoms with Gasteiger partial charge in [-0.2, -0.15) is 0 Å². The van der Waals surface area contributed by atoms with Gasteiger partial charge in [0.25, 0.3) is 0 Å². The van der Waals surface area contributed by atoms with Gasteiger partial charge in [0.2, 0.25) is 0 Å². The molecule has 1 aliphatic carbocycles. The van der Waals surface area contributed by atoms with Gasteiger partial charge >= 0.3 is 0 Å². The lowest BCUT2D eigenvalue weighted by atomic mass is 9.60. The van der Waals surface area contributed by atoms with E-state index < -0.39 is 6.10 Å². The predicted octanol–water partition coefficient (Wildman–Crippen LogP) is 2.92. The molecule has 1 aromatic carbocycles. The van der Waals surface area contributed by atoms with Crippen LogP contribution >= 0.6 is 11.6 Å². The van der Waals surface area contributed by atoms with Crippen LogP contribution in [0.15, 0.2) is 18.2 Å². The number of aryl methyl sites for hydroxylation is 1. The Balaban J connectivity index is 2.58. The Kier molecular flexibility index (Phi) is 4.00. The summed E-state index contributed by atoms with van der Waals surface area (Å²) in [4.78, 5) is 0. The minimum atomic E-state index is -0.390. The lowest BCUT2D eigenvalue weighted by molar-refractivity contribution is 0.0180. The molecule has 0 aliphatic heterocycles. The normalized spacial score (nSPS) is 27.3. The molecule has 0 saturated carbocycles. The second-order valence-corrected chi connectivity index (χ2v) is 5.96. The van der Waals surface area contributed by atoms with Crippen molar-refractivity contribution in [3.05, 3.63) is 34.3 Å². The summed E-state index contributed by atoms with van der Waals surface area (Å²) < 4.78 is 0. The topological polar surface area (TPSA) is 40.5 Å². The first kappa shape index (κ1) is 13.9. The molecule has 3 heteroatoms. The summed E-state index contributed by atoms with van der Waals surface area (Å²) in [5, 5.41) is 20.6. The zero-order chi connectivity index (χ0) is 13.3. The summed E-state index contributed by atoms with van der Waals surface area (Å²) in [5.41, 5.74) is 2.04. The number of hydrogen-bond donors (Lipinski definition) is 2. The molecule has 1 aliphatic rings. The molecule has 0 saturated heterocycles. The molecule has 2 rings (SSSR count). The van der Waals surface area contributed by atoms with Crippen molar-refractivity contribution in [3.8, 4) is 0 Å². The van der Waals surface area contributed by atoms with E-state index in [1.165, 1.54) is 5.56 Å². The van der Waals surface area contributed by atoms with Crippen LogP contribution in [-0.4, -0.2) is 22.9 Å². The van der Waals surface area contributed by atoms with Crippen LogP contribution in [0.3, 0.4) is 0 Å². The van der Waals surface area contributed by atoms with Gasteiger partial charge in [-0.15, -0.1) is 0 Å². The lowest BCUT2D eigenvalue weighted by Crippen LogP contribution is -2.48. The Morgan fingerprint density at radius 1 is 1.44 bits per heavy atom. The van der Waals surface area contributed by atoms with Gasteiger partial charge in [0.1, 0.15) is 0 Å². The Morgan fingerprint density at radius 3 is 2.78 bits per heavy atom. The van der Waals surface area contributed by atoms with Crippen molar-refractivity contribution >= 4 is 11.6 Å². The first-order valence-electron chi connectivity index (χ1n) is 6.60. The van der Waals surface area contributed by atoms with Crippen molar-refractivity contribution in [1.82, 2.24) is 0 Å². The van der Waals surface area contributed by atoms with Gasteiger partial charge in [-0.3, -0.25) is 0 Å². The average molecular weight is 269 g/mol. The first-order chi connectivity index (χ1) is 8.52. The molecule has 0 unspecified atom stereocenters. The van der Waals surface area contributed by atoms with Gasteiger partial charge in [-0.05, 0) is 48.4 Å². The Labute approximate surface area is 114 Å². The van der Waals surface area contributed by atoms with E-state index in [1.807, 2.05) is 18.2 Å². The van der Waals surface area contributed by atoms with Crippen molar-refractivity contribution < 1.29 is 10.2 Å². The maximum absolute atomic E-state index is 10.5. The highest BCUT2D eigenvalue weighted by atomic mass is 35.5. The monoisotopic (exact) mass is 268 g/mol. The Morgan fingerprint density at radius 2 is 2.17 bits per heavy atom. The van der Waals surface area contributed by atoms with Crippen molar-refractivity contribution in [1.29, 1.82) is 0 Å². The van der Waals surface area contributed by atoms with E-state index in [1.54, 1.807) is 0 Å². The standard InChI is InChI=1S/C15H21ClO2/c1-10(2)15(7-8-17)13-5-4-12(16)9-11(13)3-6-14(15)18/h4-5,9-10,14,17-18H,3,6-8H2,1-2H3/t14-,15+/m0/s1. The first-order valence-corrected chi connectivity index (χ1v) is 6.98. The number of halogens is 1. The number of benzene rings is 1. The van der Waals surface area contributed by atoms with Gasteiger partial charge in [0.15, 0.2) is 0 Å². The molecular weight excluding hydrogens is 248 g/mol. The molecule has 0 spiro atoms. The van der Waals surface area contributed by atoms with Crippen LogP contribution < -0.4 is 0 Å². The summed E-state index contributed by atoms with van der Waals surface area (Å²) in [5.74, 6) is 0.278. The number of aliphatic hydroxyl groups is 2. The Hall–Kier alpha value is -0.570. The SMILES string of the molecule is CC(C)[C@]1(CCO)c2ccc(Cl)cc2CC[C@@H]1O. The van der Waals surface area contributed by atoms with Crippen LogP contribution in [0.5, 0.6) is 0 Å². The summed E-state index contributed by atoms with van der Waals surface area (Å²) in [6.45, 7) is 4.32. The fraction of sp³-hybridized carbons (Fsp3) is 0.600. The van der Waals surface area contributed by atoms with Crippen LogP contribution in [0, 0.1) is 5.92 Å². The molecule has 100 valence electrons. The third-order valence-electron chi connectivity index (χ3n) is 4.41. The van der Waals surface area contributed by atoms with E-state index in [0.29, 0.717) is 6.42 Å². The van der Waals surface area contributed by atoms with Crippen molar-refractivity contribution in [2.24, 2.45) is 5.92 Å². The predicted molar refractivity (Wildman–Crippen MR) is 74.0 cm³/mol. The van der Waals surface area contributed by atoms with E-state index in [0.717, 1.165) is 23.4 Å². The highest BCUT2D eigenvalue weighted by molar-refractivity contribution is 6.30. The van der Waals surface area contributed by atoms with Crippen LogP contribution in [0.2, 0.25) is 5.02 Å². The Bertz CT molecular complexity index is 431. The van der Waals surface area contributed by atoms with Gasteiger partial charge < -0.3 is 10.2 Å². The molecule has 0 radical (unpaired) electrons. The van der Waals surface area contributed by atoms with Gasteiger partial charge in [0.05, 0.1) is 6.10 Å². The minimum Gasteiger partial charge on any atom is -0.396 e. The largest absolute Gasteiger partial charge is 0.396 e. The molecule has 0 heterocycles. The zero-order valence-corrected chi connectivity index (χ0v) is 11.7. The second kappa shape index (κ2) is 5.20. The third kappa shape index (κ3) is 2.07. The van der Waals surface area contributed by atoms with Crippen molar-refractivity contribution in [3.63, 3.8) is 0 Å². The molecule has 2 atom stereocenters. The zero-order valence-electron chi connectivity index (χ0n) is 11.0. The number of fused-ring (bicyclic) bond motifs is 1. The molecule has 2 N–H and O–H groups in total. The van der Waals surface area contributed by atoms with Crippen LogP contribution in [0.1, 0.15) is 37.8 Å². The average Bonchev–Trinajstić information content (AvgIpc) is 2.32. The van der Waals surface area contributed by atoms with E-state index in [-0.39, 0.29) is 17.9 Å². The molecule has 0 amide bonds. The number of rotatable bonds is 3. The molecule has 0 fully saturated rings. The van der Waals surface area contributed by atoms with E-state index in [4.69, 9.17) is 11.6 Å². The second-order valence-electron chi connectivity index (χ2n) is 5.52. The molecule has 2 nitrogen and oxygen atoms in total. The van der Waals surface area contributed by atoms with Gasteiger partial charge in [-0.1, -0.05) is 31.5 Å². The summed E-state index contributed by atoms with van der Waals surface area (Å²) in [6, 6.07) is 5.90. The third-order valence-corrected chi connectivity index (χ3v) is 4.64. The summed E-state index contributed by atoms with van der Waals surface area (Å²) >= 11 is 6.05. The smallest absolute Gasteiger partial charge is 0.0643 e. The highest BCUT2D eigenvalue weighted by Gasteiger charge is 2.45. The van der Waals surface area contributed by atoms with Crippen LogP contribution in [0.25, 0.3) is 0 Å². The minimum absolute atomic E-state index is 0.0946. The van der Waals surface area contributed by atoms with Crippen molar-refractivity contribution in [2.45, 2.75) is 44.6 Å². The highest BCUT2D eigenvalue weighted by Crippen LogP contribution is 2.46. The van der Waals surface area contributed by atoms with Crippen LogP contribution in [0.4, 0.5) is 0 Å². The van der Waals surface area contributed by atoms with Gasteiger partial charge in [-0.25, -0.2) is 0 Å². The molecular formula is C15H21ClO2. The van der Waals surface area contributed by atoms with E-state index in [9.17, 15) is 10.2 Å². The van der Waals surface area contributed by atoms with Crippen LogP contribution in [-0.2, 0) is 11.8 Å². The van der Waals surface area contributed by atoms with E-state index >= 15 is 0 Å². The number of hydrogen-bond acceptors (Lipinski definition) is 2. The fourth-order valence-electron chi connectivity index (χ4n) is 3.42. The van der Waals surface area contributed by atoms with Gasteiger partial charge in [0, 0.05) is 17.0 Å². The summed E-state index contributed by atoms with van der Waals surface area (Å²) in [6.07, 6.45) is 1.81. The fourth-order valence-corrected chi connectivity index (χ4v) is 3.62. The number of aliphatic hydroxyl groups excluding tert-OH is 2. The molecule has 1 aromatic rings. The van der Waals surface area contributed by atoms with E-state index in [2.05, 4.69) is 13.8 Å².